The average Bonchev–Trinajstić information content (AvgIpc) is 3.46. The zero-order valence-electron chi connectivity index (χ0n) is 22.8. The van der Waals surface area contributed by atoms with Gasteiger partial charge in [-0.2, -0.15) is 8.78 Å². The van der Waals surface area contributed by atoms with Crippen LogP contribution in [0.2, 0.25) is 5.02 Å². The van der Waals surface area contributed by atoms with E-state index in [1.165, 1.54) is 49.2 Å². The van der Waals surface area contributed by atoms with Crippen LogP contribution in [-0.4, -0.2) is 54.8 Å². The number of nitrogens with one attached hydrogen (secondary N) is 1. The molecule has 4 rings (SSSR count). The summed E-state index contributed by atoms with van der Waals surface area (Å²) in [5, 5.41) is 10.2. The van der Waals surface area contributed by atoms with Crippen molar-refractivity contribution in [1.82, 2.24) is 14.8 Å². The molecule has 11 nitrogen and oxygen atoms in total. The van der Waals surface area contributed by atoms with Gasteiger partial charge in [0.05, 0.1) is 13.3 Å². The average molecular weight is 601 g/mol. The van der Waals surface area contributed by atoms with Gasteiger partial charge in [-0.15, -0.1) is 10.2 Å². The van der Waals surface area contributed by atoms with Crippen LogP contribution in [0.15, 0.2) is 62.9 Å². The predicted molar refractivity (Wildman–Crippen MR) is 154 cm³/mol. The molecule has 1 unspecified atom stereocenters. The van der Waals surface area contributed by atoms with E-state index in [-0.39, 0.29) is 35.8 Å². The Kier molecular flexibility index (Phi) is 9.65. The summed E-state index contributed by atoms with van der Waals surface area (Å²) in [5.41, 5.74) is 7.80. The number of nitrogen functional groups attached to an aromatic ring is 1. The van der Waals surface area contributed by atoms with Crippen molar-refractivity contribution < 1.29 is 27.5 Å². The Morgan fingerprint density at radius 3 is 2.62 bits per heavy atom. The molecule has 0 aliphatic heterocycles. The summed E-state index contributed by atoms with van der Waals surface area (Å²) < 4.78 is 43.4. The number of nitrogens with zero attached hydrogens (tertiary/aromatic N) is 4. The summed E-state index contributed by atoms with van der Waals surface area (Å²) >= 11 is 6.25. The molecule has 220 valence electrons. The smallest absolute Gasteiger partial charge is 0.314 e. The molecule has 2 heterocycles. The fraction of sp³-hybridized carbons (Fsp3) is 0.250. The molecule has 0 radical (unpaired) electrons. The number of rotatable bonds is 11. The van der Waals surface area contributed by atoms with Gasteiger partial charge in [0.1, 0.15) is 11.8 Å². The number of hydrogen-bond acceptors (Lipinski definition) is 9. The highest BCUT2D eigenvalue weighted by Gasteiger charge is 2.26. The highest BCUT2D eigenvalue weighted by atomic mass is 35.5. The Bertz CT molecular complexity index is 1670. The Balaban J connectivity index is 1.77. The molecule has 3 N–H and O–H groups in total. The summed E-state index contributed by atoms with van der Waals surface area (Å²) in [7, 11) is 4.47. The molecule has 2 aromatic carbocycles. The fourth-order valence-electron chi connectivity index (χ4n) is 4.26. The van der Waals surface area contributed by atoms with Gasteiger partial charge in [0.15, 0.2) is 0 Å². The molecule has 42 heavy (non-hydrogen) atoms. The molecular formula is C28H27ClF2N6O5. The van der Waals surface area contributed by atoms with Crippen molar-refractivity contribution in [3.8, 4) is 28.3 Å². The number of aromatic nitrogens is 3. The first kappa shape index (κ1) is 30.3. The third-order valence-electron chi connectivity index (χ3n) is 6.25. The van der Waals surface area contributed by atoms with Crippen LogP contribution in [0.4, 0.5) is 20.2 Å². The van der Waals surface area contributed by atoms with Gasteiger partial charge < -0.3 is 24.9 Å². The number of benzene rings is 2. The van der Waals surface area contributed by atoms with E-state index in [1.807, 2.05) is 0 Å². The van der Waals surface area contributed by atoms with Crippen molar-refractivity contribution in [3.63, 3.8) is 0 Å². The van der Waals surface area contributed by atoms with Crippen LogP contribution < -0.4 is 21.3 Å². The summed E-state index contributed by atoms with van der Waals surface area (Å²) in [6.07, 6.45) is 0.145. The largest absolute Gasteiger partial charge is 0.495 e. The highest BCUT2D eigenvalue weighted by molar-refractivity contribution is 6.31. The van der Waals surface area contributed by atoms with Crippen molar-refractivity contribution in [2.45, 2.75) is 18.9 Å². The Hall–Kier alpha value is -4.62. The van der Waals surface area contributed by atoms with E-state index >= 15 is 0 Å². The summed E-state index contributed by atoms with van der Waals surface area (Å²) in [6.45, 7) is 0.173. The van der Waals surface area contributed by atoms with Gasteiger partial charge >= 0.3 is 6.43 Å². The van der Waals surface area contributed by atoms with Crippen LogP contribution in [0.1, 0.15) is 30.3 Å². The number of carbonyl (C=O) groups is 1. The molecule has 2 aromatic heterocycles. The third-order valence-corrected chi connectivity index (χ3v) is 6.48. The standard InChI is InChI=1S/C28H27ClF2N6O5/c1-33-13-15-10-17(5-7-21(15)32)34-26(39)22(8-9-40-2)37-14-23(41-3)20(12-24(37)38)19-11-16(29)4-6-18(19)27-35-36-28(42-27)25(30)31/h4-7,10-14,22,25H,8-9,32H2,1-3H3,(H,34,39). The molecule has 0 aliphatic carbocycles. The van der Waals surface area contributed by atoms with Gasteiger partial charge in [-0.25, -0.2) is 0 Å². The third kappa shape index (κ3) is 6.64. The minimum atomic E-state index is -2.96. The summed E-state index contributed by atoms with van der Waals surface area (Å²) in [5.74, 6) is -1.34. The predicted octanol–water partition coefficient (Wildman–Crippen LogP) is 5.01. The van der Waals surface area contributed by atoms with Crippen molar-refractivity contribution in [3.05, 3.63) is 75.5 Å². The van der Waals surface area contributed by atoms with Gasteiger partial charge in [-0.05, 0) is 42.0 Å². The first-order valence-corrected chi connectivity index (χ1v) is 12.9. The van der Waals surface area contributed by atoms with E-state index in [0.717, 1.165) is 0 Å². The van der Waals surface area contributed by atoms with Crippen molar-refractivity contribution in [1.29, 1.82) is 0 Å². The number of nitrogens with two attached hydrogens (primary N) is 1. The van der Waals surface area contributed by atoms with Gasteiger partial charge in [-0.3, -0.25) is 19.1 Å². The molecule has 0 fully saturated rings. The van der Waals surface area contributed by atoms with E-state index in [0.29, 0.717) is 27.5 Å². The number of anilines is 2. The number of ether oxygens (including phenoxy) is 2. The minimum Gasteiger partial charge on any atom is -0.495 e. The maximum atomic E-state index is 13.5. The number of pyridine rings is 1. The van der Waals surface area contributed by atoms with E-state index < -0.39 is 29.8 Å². The van der Waals surface area contributed by atoms with Gasteiger partial charge in [0.2, 0.25) is 11.8 Å². The molecule has 0 saturated carbocycles. The number of aliphatic imine (C=N–C) groups is 1. The number of alkyl halides is 2. The Morgan fingerprint density at radius 2 is 1.95 bits per heavy atom. The minimum absolute atomic E-state index is 0.157. The van der Waals surface area contributed by atoms with E-state index in [1.54, 1.807) is 31.5 Å². The second-order valence-electron chi connectivity index (χ2n) is 8.95. The molecule has 1 amide bonds. The second kappa shape index (κ2) is 13.4. The number of amides is 1. The normalized spacial score (nSPS) is 12.2. The molecule has 0 spiro atoms. The number of halogens is 3. The SMILES string of the molecule is CN=Cc1cc(NC(=O)C(CCOC)n2cc(OC)c(-c3cc(Cl)ccc3-c3nnc(C(F)F)o3)cc2=O)ccc1N. The summed E-state index contributed by atoms with van der Waals surface area (Å²) in [6, 6.07) is 9.73. The lowest BCUT2D eigenvalue weighted by Gasteiger charge is -2.21. The number of carbonyl (C=O) groups excluding carboxylic acids is 1. The molecule has 0 saturated heterocycles. The summed E-state index contributed by atoms with van der Waals surface area (Å²) in [4.78, 5) is 31.0. The molecular weight excluding hydrogens is 574 g/mol. The maximum Gasteiger partial charge on any atom is 0.314 e. The van der Waals surface area contributed by atoms with Gasteiger partial charge in [0.25, 0.3) is 11.4 Å². The quantitative estimate of drug-likeness (QED) is 0.180. The molecule has 4 aromatic rings. The molecule has 14 heteroatoms. The van der Waals surface area contributed by atoms with Gasteiger partial charge in [0, 0.05) is 72.6 Å². The van der Waals surface area contributed by atoms with E-state index in [4.69, 9.17) is 31.2 Å². The van der Waals surface area contributed by atoms with Crippen molar-refractivity contribution >= 4 is 35.1 Å². The van der Waals surface area contributed by atoms with Crippen LogP contribution in [0.5, 0.6) is 5.75 Å². The lowest BCUT2D eigenvalue weighted by atomic mass is 9.99. The van der Waals surface area contributed by atoms with E-state index in [2.05, 4.69) is 20.5 Å². The van der Waals surface area contributed by atoms with Crippen LogP contribution >= 0.6 is 11.6 Å². The fourth-order valence-corrected chi connectivity index (χ4v) is 4.43. The second-order valence-corrected chi connectivity index (χ2v) is 9.39. The zero-order valence-corrected chi connectivity index (χ0v) is 23.6. The maximum absolute atomic E-state index is 13.5. The number of methoxy groups -OCH3 is 2. The monoisotopic (exact) mass is 600 g/mol. The van der Waals surface area contributed by atoms with E-state index in [9.17, 15) is 18.4 Å². The van der Waals surface area contributed by atoms with Gasteiger partial charge in [-0.1, -0.05) is 11.6 Å². The first-order chi connectivity index (χ1) is 20.2. The Labute approximate surface area is 243 Å². The van der Waals surface area contributed by atoms with Crippen LogP contribution in [-0.2, 0) is 9.53 Å². The van der Waals surface area contributed by atoms with Crippen LogP contribution in [0.3, 0.4) is 0 Å². The van der Waals surface area contributed by atoms with Crippen LogP contribution in [0.25, 0.3) is 22.6 Å². The van der Waals surface area contributed by atoms with Crippen molar-refractivity contribution in [2.75, 3.05) is 38.9 Å². The molecule has 1 atom stereocenters. The highest BCUT2D eigenvalue weighted by Crippen LogP contribution is 2.38. The first-order valence-electron chi connectivity index (χ1n) is 12.5. The zero-order chi connectivity index (χ0) is 30.4. The molecule has 0 bridgehead atoms. The topological polar surface area (TPSA) is 147 Å². The van der Waals surface area contributed by atoms with Crippen LogP contribution in [0, 0.1) is 0 Å². The Morgan fingerprint density at radius 1 is 1.17 bits per heavy atom. The van der Waals surface area contributed by atoms with Crippen molar-refractivity contribution in [2.24, 2.45) is 4.99 Å². The lowest BCUT2D eigenvalue weighted by Crippen LogP contribution is -2.34. The number of hydrogen-bond donors (Lipinski definition) is 2. The lowest BCUT2D eigenvalue weighted by molar-refractivity contribution is -0.119. The molecule has 0 aliphatic rings.